The first-order valence-corrected chi connectivity index (χ1v) is 9.93. The number of aryl methyl sites for hydroxylation is 1. The van der Waals surface area contributed by atoms with Crippen molar-refractivity contribution in [3.05, 3.63) is 69.2 Å². The highest BCUT2D eigenvalue weighted by molar-refractivity contribution is 7.25. The van der Waals surface area contributed by atoms with Crippen molar-refractivity contribution in [1.82, 2.24) is 9.55 Å². The van der Waals surface area contributed by atoms with Crippen LogP contribution in [-0.4, -0.2) is 15.5 Å². The van der Waals surface area contributed by atoms with Crippen LogP contribution < -0.4 is 10.9 Å². The predicted octanol–water partition coefficient (Wildman–Crippen LogP) is 4.74. The van der Waals surface area contributed by atoms with Crippen molar-refractivity contribution in [3.8, 4) is 0 Å². The monoisotopic (exact) mass is 433 g/mol. The minimum atomic E-state index is -0.524. The molecule has 0 atom stereocenters. The van der Waals surface area contributed by atoms with Gasteiger partial charge in [0.05, 0.1) is 21.6 Å². The molecule has 4 aromatic rings. The van der Waals surface area contributed by atoms with Gasteiger partial charge in [-0.2, -0.15) is 0 Å². The van der Waals surface area contributed by atoms with Gasteiger partial charge in [-0.3, -0.25) is 14.2 Å². The van der Waals surface area contributed by atoms with Gasteiger partial charge in [-0.05, 0) is 30.3 Å². The smallest absolute Gasteiger partial charge is 0.272 e. The standard InChI is InChI=1S/C20H14ClF2N3O2S/c1-2-15-25-18-17-12(23)4-3-5-14(17)29-19(18)20(28)26(15)9-16(27)24-13-7-6-10(22)8-11(13)21/h3-8H,2,9H2,1H3,(H,24,27). The summed E-state index contributed by atoms with van der Waals surface area (Å²) in [5, 5.41) is 2.93. The molecule has 2 aromatic heterocycles. The second-order valence-electron chi connectivity index (χ2n) is 6.34. The normalized spacial score (nSPS) is 11.3. The molecule has 29 heavy (non-hydrogen) atoms. The Kier molecular flexibility index (Phi) is 5.06. The first kappa shape index (κ1) is 19.5. The largest absolute Gasteiger partial charge is 0.323 e. The Balaban J connectivity index is 1.76. The minimum absolute atomic E-state index is 0.0509. The highest BCUT2D eigenvalue weighted by Crippen LogP contribution is 2.32. The summed E-state index contributed by atoms with van der Waals surface area (Å²) in [4.78, 5) is 30.0. The molecule has 0 aliphatic heterocycles. The van der Waals surface area contributed by atoms with Gasteiger partial charge in [0.15, 0.2) is 0 Å². The summed E-state index contributed by atoms with van der Waals surface area (Å²) in [6.45, 7) is 1.50. The SMILES string of the molecule is CCc1nc2c(sc3cccc(F)c32)c(=O)n1CC(=O)Nc1ccc(F)cc1Cl. The molecule has 5 nitrogen and oxygen atoms in total. The topological polar surface area (TPSA) is 64.0 Å². The van der Waals surface area contributed by atoms with Gasteiger partial charge in [0, 0.05) is 11.1 Å². The molecule has 2 heterocycles. The molecule has 1 N–H and O–H groups in total. The summed E-state index contributed by atoms with van der Waals surface area (Å²) in [7, 11) is 0. The van der Waals surface area contributed by atoms with Crippen molar-refractivity contribution in [2.24, 2.45) is 0 Å². The Morgan fingerprint density at radius 1 is 1.28 bits per heavy atom. The molecule has 0 spiro atoms. The van der Waals surface area contributed by atoms with Crippen LogP contribution in [0, 0.1) is 11.6 Å². The fraction of sp³-hybridized carbons (Fsp3) is 0.150. The summed E-state index contributed by atoms with van der Waals surface area (Å²) in [5.74, 6) is -1.11. The minimum Gasteiger partial charge on any atom is -0.323 e. The predicted molar refractivity (Wildman–Crippen MR) is 111 cm³/mol. The quantitative estimate of drug-likeness (QED) is 0.505. The summed E-state index contributed by atoms with van der Waals surface area (Å²) in [6, 6.07) is 8.22. The number of nitrogens with one attached hydrogen (secondary N) is 1. The van der Waals surface area contributed by atoms with Gasteiger partial charge in [0.25, 0.3) is 5.56 Å². The van der Waals surface area contributed by atoms with E-state index in [2.05, 4.69) is 10.3 Å². The van der Waals surface area contributed by atoms with E-state index in [0.29, 0.717) is 27.8 Å². The van der Waals surface area contributed by atoms with E-state index >= 15 is 0 Å². The van der Waals surface area contributed by atoms with Crippen LogP contribution in [0.3, 0.4) is 0 Å². The number of thiophene rings is 1. The zero-order chi connectivity index (χ0) is 20.7. The maximum atomic E-state index is 14.3. The van der Waals surface area contributed by atoms with Crippen LogP contribution in [0.4, 0.5) is 14.5 Å². The van der Waals surface area contributed by atoms with Crippen LogP contribution in [0.2, 0.25) is 5.02 Å². The maximum absolute atomic E-state index is 14.3. The number of nitrogens with zero attached hydrogens (tertiary/aromatic N) is 2. The summed E-state index contributed by atoms with van der Waals surface area (Å²) in [5.41, 5.74) is 0.137. The third-order valence-electron chi connectivity index (χ3n) is 4.45. The number of aromatic nitrogens is 2. The molecule has 0 bridgehead atoms. The van der Waals surface area contributed by atoms with E-state index in [1.54, 1.807) is 19.1 Å². The van der Waals surface area contributed by atoms with Gasteiger partial charge in [0.1, 0.15) is 28.7 Å². The molecule has 0 unspecified atom stereocenters. The lowest BCUT2D eigenvalue weighted by atomic mass is 10.2. The van der Waals surface area contributed by atoms with Crippen molar-refractivity contribution in [2.75, 3.05) is 5.32 Å². The van der Waals surface area contributed by atoms with Gasteiger partial charge < -0.3 is 5.32 Å². The van der Waals surface area contributed by atoms with Crippen LogP contribution in [0.5, 0.6) is 0 Å². The van der Waals surface area contributed by atoms with Gasteiger partial charge in [-0.1, -0.05) is 24.6 Å². The number of fused-ring (bicyclic) bond motifs is 3. The Morgan fingerprint density at radius 3 is 2.79 bits per heavy atom. The first-order chi connectivity index (χ1) is 13.9. The number of carbonyl (C=O) groups is 1. The van der Waals surface area contributed by atoms with Gasteiger partial charge in [-0.15, -0.1) is 11.3 Å². The van der Waals surface area contributed by atoms with Crippen molar-refractivity contribution >= 4 is 54.8 Å². The van der Waals surface area contributed by atoms with Crippen LogP contribution >= 0.6 is 22.9 Å². The number of benzene rings is 2. The number of anilines is 1. The fourth-order valence-electron chi connectivity index (χ4n) is 3.13. The van der Waals surface area contributed by atoms with Crippen LogP contribution in [0.1, 0.15) is 12.7 Å². The number of rotatable bonds is 4. The van der Waals surface area contributed by atoms with Crippen LogP contribution in [0.25, 0.3) is 20.3 Å². The number of carbonyl (C=O) groups excluding carboxylic acids is 1. The van der Waals surface area contributed by atoms with Crippen LogP contribution in [0.15, 0.2) is 41.2 Å². The lowest BCUT2D eigenvalue weighted by Crippen LogP contribution is -2.30. The molecule has 4 rings (SSSR count). The lowest BCUT2D eigenvalue weighted by molar-refractivity contribution is -0.116. The second kappa shape index (κ2) is 7.53. The molecule has 0 radical (unpaired) electrons. The average Bonchev–Trinajstić information content (AvgIpc) is 3.06. The van der Waals surface area contributed by atoms with Gasteiger partial charge in [-0.25, -0.2) is 13.8 Å². The van der Waals surface area contributed by atoms with E-state index in [1.807, 2.05) is 0 Å². The van der Waals surface area contributed by atoms with Gasteiger partial charge >= 0.3 is 0 Å². The van der Waals surface area contributed by atoms with Crippen molar-refractivity contribution in [3.63, 3.8) is 0 Å². The first-order valence-electron chi connectivity index (χ1n) is 8.74. The summed E-state index contributed by atoms with van der Waals surface area (Å²) >= 11 is 7.08. The Morgan fingerprint density at radius 2 is 2.07 bits per heavy atom. The van der Waals surface area contributed by atoms with Crippen molar-refractivity contribution < 1.29 is 13.6 Å². The summed E-state index contributed by atoms with van der Waals surface area (Å²) in [6.07, 6.45) is 0.377. The Labute approximate surface area is 172 Å². The molecule has 9 heteroatoms. The summed E-state index contributed by atoms with van der Waals surface area (Å²) < 4.78 is 29.6. The fourth-order valence-corrected chi connectivity index (χ4v) is 4.45. The zero-order valence-electron chi connectivity index (χ0n) is 15.1. The van der Waals surface area contributed by atoms with E-state index in [0.717, 1.165) is 17.4 Å². The molecule has 0 aliphatic carbocycles. The van der Waals surface area contributed by atoms with E-state index < -0.39 is 23.1 Å². The van der Waals surface area contributed by atoms with Crippen molar-refractivity contribution in [2.45, 2.75) is 19.9 Å². The molecule has 0 saturated carbocycles. The van der Waals surface area contributed by atoms with Crippen LogP contribution in [-0.2, 0) is 17.8 Å². The molecule has 1 amide bonds. The molecular weight excluding hydrogens is 420 g/mol. The lowest BCUT2D eigenvalue weighted by Gasteiger charge is -2.12. The Hall–Kier alpha value is -2.84. The number of hydrogen-bond donors (Lipinski definition) is 1. The maximum Gasteiger partial charge on any atom is 0.272 e. The highest BCUT2D eigenvalue weighted by atomic mass is 35.5. The number of hydrogen-bond acceptors (Lipinski definition) is 4. The molecular formula is C20H14ClF2N3O2S. The van der Waals surface area contributed by atoms with E-state index in [9.17, 15) is 18.4 Å². The highest BCUT2D eigenvalue weighted by Gasteiger charge is 2.19. The number of amides is 1. The van der Waals surface area contributed by atoms with Crippen molar-refractivity contribution in [1.29, 1.82) is 0 Å². The molecule has 148 valence electrons. The number of halogens is 3. The van der Waals surface area contributed by atoms with Gasteiger partial charge in [0.2, 0.25) is 5.91 Å². The third kappa shape index (κ3) is 3.49. The second-order valence-corrected chi connectivity index (χ2v) is 7.80. The third-order valence-corrected chi connectivity index (χ3v) is 5.90. The molecule has 0 fully saturated rings. The van der Waals surface area contributed by atoms with E-state index in [1.165, 1.54) is 22.8 Å². The molecule has 0 saturated heterocycles. The van der Waals surface area contributed by atoms with E-state index in [4.69, 9.17) is 11.6 Å². The zero-order valence-corrected chi connectivity index (χ0v) is 16.7. The average molecular weight is 434 g/mol. The molecule has 0 aliphatic rings. The molecule has 2 aromatic carbocycles. The Bertz CT molecular complexity index is 1330. The van der Waals surface area contributed by atoms with E-state index in [-0.39, 0.29) is 22.0 Å².